The molecule has 20 heavy (non-hydrogen) atoms. The molecule has 2 aromatic rings. The number of nitrogens with one attached hydrogen (secondary N) is 1. The van der Waals surface area contributed by atoms with Crippen molar-refractivity contribution < 1.29 is 19.1 Å². The fraction of sp³-hybridized carbons (Fsp3) is 0.308. The molecule has 0 amide bonds. The summed E-state index contributed by atoms with van der Waals surface area (Å²) in [5.74, 6) is 0.279. The molecule has 0 aliphatic carbocycles. The third-order valence-corrected chi connectivity index (χ3v) is 2.42. The molecule has 0 radical (unpaired) electrons. The number of carboxylic acid groups (broad SMARTS) is 1. The zero-order valence-corrected chi connectivity index (χ0v) is 10.8. The molecule has 2 heterocycles. The van der Waals surface area contributed by atoms with E-state index >= 15 is 0 Å². The Kier molecular flexibility index (Phi) is 5.08. The first kappa shape index (κ1) is 14.0. The van der Waals surface area contributed by atoms with Crippen LogP contribution in [0.4, 0.5) is 5.95 Å². The standard InChI is InChI=1S/C13H15N3O4/c17-12(18)4-8-19-9-6-15-13-14-5-3-10(16-13)11-2-1-7-20-11/h1-3,5,7H,4,6,8-9H2,(H,17,18)(H,14,15,16). The van der Waals surface area contributed by atoms with Gasteiger partial charge in [-0.3, -0.25) is 4.79 Å². The van der Waals surface area contributed by atoms with Crippen LogP contribution in [0.2, 0.25) is 0 Å². The maximum absolute atomic E-state index is 10.3. The molecule has 7 heteroatoms. The molecule has 2 N–H and O–H groups in total. The van der Waals surface area contributed by atoms with E-state index in [2.05, 4.69) is 15.3 Å². The summed E-state index contributed by atoms with van der Waals surface area (Å²) < 4.78 is 10.4. The number of hydrogen-bond donors (Lipinski definition) is 2. The van der Waals surface area contributed by atoms with E-state index in [1.54, 1.807) is 24.6 Å². The van der Waals surface area contributed by atoms with Crippen LogP contribution < -0.4 is 5.32 Å². The number of nitrogens with zero attached hydrogens (tertiary/aromatic N) is 2. The van der Waals surface area contributed by atoms with E-state index in [4.69, 9.17) is 14.3 Å². The lowest BCUT2D eigenvalue weighted by molar-refractivity contribution is -0.138. The van der Waals surface area contributed by atoms with E-state index in [-0.39, 0.29) is 13.0 Å². The van der Waals surface area contributed by atoms with Gasteiger partial charge in [0.05, 0.1) is 25.9 Å². The molecule has 0 aliphatic heterocycles. The molecule has 0 fully saturated rings. The SMILES string of the molecule is O=C(O)CCOCCNc1nccc(-c2ccco2)n1. The number of aliphatic carboxylic acids is 1. The monoisotopic (exact) mass is 277 g/mol. The Labute approximate surface area is 115 Å². The molecular weight excluding hydrogens is 262 g/mol. The Morgan fingerprint density at radius 2 is 2.30 bits per heavy atom. The molecule has 2 rings (SSSR count). The Hall–Kier alpha value is -2.41. The van der Waals surface area contributed by atoms with Crippen LogP contribution in [0.25, 0.3) is 11.5 Å². The Morgan fingerprint density at radius 1 is 1.40 bits per heavy atom. The van der Waals surface area contributed by atoms with Crippen molar-refractivity contribution in [1.82, 2.24) is 9.97 Å². The molecule has 0 saturated heterocycles. The summed E-state index contributed by atoms with van der Waals surface area (Å²) in [7, 11) is 0. The summed E-state index contributed by atoms with van der Waals surface area (Å²) in [6.45, 7) is 1.09. The number of ether oxygens (including phenoxy) is 1. The minimum absolute atomic E-state index is 0.00444. The first-order chi connectivity index (χ1) is 9.75. The first-order valence-electron chi connectivity index (χ1n) is 6.16. The van der Waals surface area contributed by atoms with Gasteiger partial charge in [0.2, 0.25) is 5.95 Å². The molecule has 0 spiro atoms. The Bertz CT molecular complexity index is 542. The van der Waals surface area contributed by atoms with Crippen LogP contribution in [0.5, 0.6) is 0 Å². The second kappa shape index (κ2) is 7.25. The van der Waals surface area contributed by atoms with Crippen molar-refractivity contribution in [3.05, 3.63) is 30.7 Å². The van der Waals surface area contributed by atoms with Gasteiger partial charge in [-0.05, 0) is 18.2 Å². The van der Waals surface area contributed by atoms with Crippen LogP contribution in [0.3, 0.4) is 0 Å². The van der Waals surface area contributed by atoms with Crippen molar-refractivity contribution in [2.45, 2.75) is 6.42 Å². The quantitative estimate of drug-likeness (QED) is 0.708. The summed E-state index contributed by atoms with van der Waals surface area (Å²) in [5.41, 5.74) is 0.694. The molecule has 0 atom stereocenters. The van der Waals surface area contributed by atoms with E-state index in [9.17, 15) is 4.79 Å². The summed E-state index contributed by atoms with van der Waals surface area (Å²) in [4.78, 5) is 18.7. The summed E-state index contributed by atoms with van der Waals surface area (Å²) >= 11 is 0. The van der Waals surface area contributed by atoms with Crippen LogP contribution in [0.15, 0.2) is 35.1 Å². The van der Waals surface area contributed by atoms with Crippen molar-refractivity contribution in [3.63, 3.8) is 0 Å². The maximum Gasteiger partial charge on any atom is 0.305 e. The third-order valence-electron chi connectivity index (χ3n) is 2.42. The molecular formula is C13H15N3O4. The van der Waals surface area contributed by atoms with Gasteiger partial charge in [0.1, 0.15) is 5.69 Å². The fourth-order valence-electron chi connectivity index (χ4n) is 1.50. The number of carboxylic acids is 1. The number of carbonyl (C=O) groups is 1. The smallest absolute Gasteiger partial charge is 0.305 e. The highest BCUT2D eigenvalue weighted by Crippen LogP contribution is 2.17. The van der Waals surface area contributed by atoms with Crippen LogP contribution in [-0.2, 0) is 9.53 Å². The van der Waals surface area contributed by atoms with Gasteiger partial charge in [-0.25, -0.2) is 9.97 Å². The predicted octanol–water partition coefficient (Wildman–Crippen LogP) is 1.64. The van der Waals surface area contributed by atoms with Gasteiger partial charge in [-0.2, -0.15) is 0 Å². The topological polar surface area (TPSA) is 97.5 Å². The van der Waals surface area contributed by atoms with Crippen molar-refractivity contribution in [2.24, 2.45) is 0 Å². The molecule has 7 nitrogen and oxygen atoms in total. The first-order valence-corrected chi connectivity index (χ1v) is 6.16. The molecule has 0 aliphatic rings. The molecule has 0 saturated carbocycles. The van der Waals surface area contributed by atoms with Crippen LogP contribution in [-0.4, -0.2) is 40.8 Å². The Balaban J connectivity index is 1.76. The average Bonchev–Trinajstić information content (AvgIpc) is 2.97. The van der Waals surface area contributed by atoms with E-state index in [1.807, 2.05) is 6.07 Å². The van der Waals surface area contributed by atoms with Gasteiger partial charge in [0.25, 0.3) is 0 Å². The number of furan rings is 1. The highest BCUT2D eigenvalue weighted by atomic mass is 16.5. The minimum Gasteiger partial charge on any atom is -0.481 e. The highest BCUT2D eigenvalue weighted by Gasteiger charge is 2.04. The van der Waals surface area contributed by atoms with E-state index in [1.165, 1.54) is 0 Å². The van der Waals surface area contributed by atoms with Crippen molar-refractivity contribution in [2.75, 3.05) is 25.1 Å². The van der Waals surface area contributed by atoms with Crippen molar-refractivity contribution >= 4 is 11.9 Å². The number of hydrogen-bond acceptors (Lipinski definition) is 6. The lowest BCUT2D eigenvalue weighted by Crippen LogP contribution is -2.13. The molecule has 2 aromatic heterocycles. The van der Waals surface area contributed by atoms with Gasteiger partial charge < -0.3 is 19.6 Å². The zero-order valence-electron chi connectivity index (χ0n) is 10.8. The second-order valence-corrected chi connectivity index (χ2v) is 3.93. The van der Waals surface area contributed by atoms with Gasteiger partial charge in [-0.1, -0.05) is 0 Å². The second-order valence-electron chi connectivity index (χ2n) is 3.93. The Morgan fingerprint density at radius 3 is 3.05 bits per heavy atom. The number of anilines is 1. The van der Waals surface area contributed by atoms with Crippen LogP contribution in [0, 0.1) is 0 Å². The van der Waals surface area contributed by atoms with Gasteiger partial charge >= 0.3 is 5.97 Å². The van der Waals surface area contributed by atoms with E-state index in [0.717, 1.165) is 0 Å². The fourth-order valence-corrected chi connectivity index (χ4v) is 1.50. The lowest BCUT2D eigenvalue weighted by Gasteiger charge is -2.06. The largest absolute Gasteiger partial charge is 0.481 e. The summed E-state index contributed by atoms with van der Waals surface area (Å²) in [6.07, 6.45) is 3.23. The number of rotatable bonds is 8. The maximum atomic E-state index is 10.3. The van der Waals surface area contributed by atoms with E-state index < -0.39 is 5.97 Å². The van der Waals surface area contributed by atoms with Gasteiger partial charge in [-0.15, -0.1) is 0 Å². The molecule has 0 unspecified atom stereocenters. The normalized spacial score (nSPS) is 10.4. The van der Waals surface area contributed by atoms with Crippen molar-refractivity contribution in [3.8, 4) is 11.5 Å². The predicted molar refractivity (Wildman–Crippen MR) is 71.3 cm³/mol. The molecule has 0 bridgehead atoms. The summed E-state index contributed by atoms with van der Waals surface area (Å²) in [6, 6.07) is 5.37. The van der Waals surface area contributed by atoms with E-state index in [0.29, 0.717) is 30.6 Å². The van der Waals surface area contributed by atoms with Gasteiger partial charge in [0.15, 0.2) is 5.76 Å². The third kappa shape index (κ3) is 4.36. The van der Waals surface area contributed by atoms with Crippen LogP contribution >= 0.6 is 0 Å². The average molecular weight is 277 g/mol. The number of aromatic nitrogens is 2. The zero-order chi connectivity index (χ0) is 14.2. The van der Waals surface area contributed by atoms with Gasteiger partial charge in [0, 0.05) is 12.7 Å². The van der Waals surface area contributed by atoms with Crippen molar-refractivity contribution in [1.29, 1.82) is 0 Å². The summed E-state index contributed by atoms with van der Waals surface area (Å²) in [5, 5.41) is 11.4. The van der Waals surface area contributed by atoms with Crippen LogP contribution in [0.1, 0.15) is 6.42 Å². The minimum atomic E-state index is -0.868. The molecule has 0 aromatic carbocycles. The lowest BCUT2D eigenvalue weighted by atomic mass is 10.3. The highest BCUT2D eigenvalue weighted by molar-refractivity contribution is 5.66. The molecule has 106 valence electrons.